The third kappa shape index (κ3) is 4.10. The number of aromatic nitrogens is 1. The lowest BCUT2D eigenvalue weighted by atomic mass is 10.0. The van der Waals surface area contributed by atoms with Gasteiger partial charge in [0.1, 0.15) is 6.10 Å². The van der Waals surface area contributed by atoms with Crippen LogP contribution in [0.3, 0.4) is 0 Å². The number of carboxylic acid groups (broad SMARTS) is 1. The molecule has 3 heterocycles. The zero-order chi connectivity index (χ0) is 23.7. The van der Waals surface area contributed by atoms with Crippen LogP contribution in [0.2, 0.25) is 0 Å². The lowest BCUT2D eigenvalue weighted by Crippen LogP contribution is -2.51. The number of nitrogens with zero attached hydrogens (tertiary/aromatic N) is 3. The van der Waals surface area contributed by atoms with E-state index in [1.165, 1.54) is 4.57 Å². The van der Waals surface area contributed by atoms with Crippen LogP contribution in [0.4, 0.5) is 0 Å². The Morgan fingerprint density at radius 2 is 1.62 bits per heavy atom. The van der Waals surface area contributed by atoms with Crippen molar-refractivity contribution < 1.29 is 19.4 Å². The standard InChI is InChI=1S/C26H27N3O5/c30-24-20-10-5-4-9-19(20)23(26(32)33)21(29(24)18-7-2-1-3-8-18)17-27-12-14-28(15-13-27)25(31)22-11-6-16-34-22/h1-5,7-10,22H,6,11-17H2,(H,32,33). The molecular weight excluding hydrogens is 434 g/mol. The molecule has 1 N–H and O–H groups in total. The minimum atomic E-state index is -1.07. The first-order valence-corrected chi connectivity index (χ1v) is 11.6. The van der Waals surface area contributed by atoms with Crippen molar-refractivity contribution in [1.82, 2.24) is 14.4 Å². The Labute approximate surface area is 197 Å². The second kappa shape index (κ2) is 9.40. The number of hydrogen-bond acceptors (Lipinski definition) is 5. The number of aromatic carboxylic acids is 1. The van der Waals surface area contributed by atoms with Crippen molar-refractivity contribution in [3.05, 3.63) is 76.2 Å². The molecule has 2 fully saturated rings. The van der Waals surface area contributed by atoms with E-state index in [4.69, 9.17) is 4.74 Å². The van der Waals surface area contributed by atoms with Crippen molar-refractivity contribution >= 4 is 22.6 Å². The SMILES string of the molecule is O=C(O)c1c(CN2CCN(C(=O)C3CCCO3)CC2)n(-c2ccccc2)c(=O)c2ccccc12. The van der Waals surface area contributed by atoms with Crippen LogP contribution in [0.5, 0.6) is 0 Å². The van der Waals surface area contributed by atoms with Gasteiger partial charge in [0.25, 0.3) is 11.5 Å². The average Bonchev–Trinajstić information content (AvgIpc) is 3.40. The van der Waals surface area contributed by atoms with Crippen molar-refractivity contribution in [2.75, 3.05) is 32.8 Å². The lowest BCUT2D eigenvalue weighted by molar-refractivity contribution is -0.142. The van der Waals surface area contributed by atoms with Crippen LogP contribution in [-0.2, 0) is 16.1 Å². The molecule has 8 nitrogen and oxygen atoms in total. The van der Waals surface area contributed by atoms with Gasteiger partial charge in [0.2, 0.25) is 0 Å². The van der Waals surface area contributed by atoms with Crippen LogP contribution in [-0.4, -0.2) is 70.2 Å². The van der Waals surface area contributed by atoms with Crippen LogP contribution >= 0.6 is 0 Å². The molecular formula is C26H27N3O5. The number of benzene rings is 2. The number of carbonyl (C=O) groups is 2. The van der Waals surface area contributed by atoms with Gasteiger partial charge in [-0.3, -0.25) is 19.1 Å². The van der Waals surface area contributed by atoms with E-state index in [2.05, 4.69) is 4.90 Å². The van der Waals surface area contributed by atoms with Crippen LogP contribution < -0.4 is 5.56 Å². The zero-order valence-electron chi connectivity index (χ0n) is 18.9. The van der Waals surface area contributed by atoms with Crippen LogP contribution in [0.25, 0.3) is 16.5 Å². The number of carboxylic acids is 1. The second-order valence-electron chi connectivity index (χ2n) is 8.75. The van der Waals surface area contributed by atoms with Gasteiger partial charge in [-0.05, 0) is 31.0 Å². The Morgan fingerprint density at radius 1 is 0.941 bits per heavy atom. The molecule has 0 saturated carbocycles. The number of carbonyl (C=O) groups excluding carboxylic acids is 1. The van der Waals surface area contributed by atoms with Crippen molar-refractivity contribution in [2.24, 2.45) is 0 Å². The highest BCUT2D eigenvalue weighted by molar-refractivity contribution is 6.04. The summed E-state index contributed by atoms with van der Waals surface area (Å²) in [6.07, 6.45) is 1.34. The molecule has 0 spiro atoms. The summed E-state index contributed by atoms with van der Waals surface area (Å²) in [6, 6.07) is 16.0. The number of pyridine rings is 1. The quantitative estimate of drug-likeness (QED) is 0.628. The predicted molar refractivity (Wildman–Crippen MR) is 127 cm³/mol. The van der Waals surface area contributed by atoms with E-state index in [-0.39, 0.29) is 23.1 Å². The van der Waals surface area contributed by atoms with E-state index in [1.807, 2.05) is 35.2 Å². The smallest absolute Gasteiger partial charge is 0.338 e. The van der Waals surface area contributed by atoms with Crippen LogP contribution in [0.15, 0.2) is 59.4 Å². The number of hydrogen-bond donors (Lipinski definition) is 1. The highest BCUT2D eigenvalue weighted by atomic mass is 16.5. The fourth-order valence-corrected chi connectivity index (χ4v) is 4.95. The van der Waals surface area contributed by atoms with Gasteiger partial charge in [0, 0.05) is 55.8 Å². The van der Waals surface area contributed by atoms with E-state index in [9.17, 15) is 19.5 Å². The Morgan fingerprint density at radius 3 is 2.26 bits per heavy atom. The van der Waals surface area contributed by atoms with E-state index in [0.29, 0.717) is 61.5 Å². The molecule has 2 aromatic carbocycles. The van der Waals surface area contributed by atoms with Gasteiger partial charge < -0.3 is 14.7 Å². The number of fused-ring (bicyclic) bond motifs is 1. The second-order valence-corrected chi connectivity index (χ2v) is 8.75. The number of rotatable bonds is 5. The summed E-state index contributed by atoms with van der Waals surface area (Å²) in [5.74, 6) is -1.03. The first-order valence-electron chi connectivity index (χ1n) is 11.6. The monoisotopic (exact) mass is 461 g/mol. The van der Waals surface area contributed by atoms with Crippen LogP contribution in [0.1, 0.15) is 28.9 Å². The van der Waals surface area contributed by atoms with Crippen molar-refractivity contribution in [3.63, 3.8) is 0 Å². The fraction of sp³-hybridized carbons (Fsp3) is 0.346. The maximum absolute atomic E-state index is 13.5. The molecule has 0 bridgehead atoms. The summed E-state index contributed by atoms with van der Waals surface area (Å²) in [5, 5.41) is 11.0. The number of para-hydroxylation sites is 1. The third-order valence-electron chi connectivity index (χ3n) is 6.68. The Bertz CT molecular complexity index is 1270. The van der Waals surface area contributed by atoms with Crippen molar-refractivity contribution in [1.29, 1.82) is 0 Å². The minimum Gasteiger partial charge on any atom is -0.478 e. The van der Waals surface area contributed by atoms with Gasteiger partial charge in [-0.25, -0.2) is 4.79 Å². The van der Waals surface area contributed by atoms with Gasteiger partial charge in [0.05, 0.1) is 11.3 Å². The first-order chi connectivity index (χ1) is 16.5. The fourth-order valence-electron chi connectivity index (χ4n) is 4.95. The molecule has 34 heavy (non-hydrogen) atoms. The van der Waals surface area contributed by atoms with E-state index in [0.717, 1.165) is 12.8 Å². The highest BCUT2D eigenvalue weighted by Gasteiger charge is 2.31. The Hall–Kier alpha value is -3.49. The highest BCUT2D eigenvalue weighted by Crippen LogP contribution is 2.25. The van der Waals surface area contributed by atoms with Gasteiger partial charge in [-0.2, -0.15) is 0 Å². The minimum absolute atomic E-state index is 0.0373. The molecule has 0 radical (unpaired) electrons. The lowest BCUT2D eigenvalue weighted by Gasteiger charge is -2.36. The molecule has 176 valence electrons. The van der Waals surface area contributed by atoms with Gasteiger partial charge in [-0.15, -0.1) is 0 Å². The number of amides is 1. The molecule has 1 amide bonds. The maximum atomic E-state index is 13.5. The van der Waals surface area contributed by atoms with E-state index in [1.54, 1.807) is 24.3 Å². The zero-order valence-corrected chi connectivity index (χ0v) is 18.9. The Balaban J connectivity index is 1.50. The van der Waals surface area contributed by atoms with Gasteiger partial charge in [-0.1, -0.05) is 36.4 Å². The maximum Gasteiger partial charge on any atom is 0.338 e. The molecule has 1 atom stereocenters. The topological polar surface area (TPSA) is 92.1 Å². The van der Waals surface area contributed by atoms with Gasteiger partial charge in [0.15, 0.2) is 0 Å². The Kier molecular flexibility index (Phi) is 6.17. The van der Waals surface area contributed by atoms with E-state index < -0.39 is 5.97 Å². The molecule has 3 aromatic rings. The molecule has 2 aliphatic heterocycles. The number of ether oxygens (including phenoxy) is 1. The molecule has 1 aromatic heterocycles. The first kappa shape index (κ1) is 22.3. The largest absolute Gasteiger partial charge is 0.478 e. The summed E-state index contributed by atoms with van der Waals surface area (Å²) < 4.78 is 7.07. The summed E-state index contributed by atoms with van der Waals surface area (Å²) in [5.41, 5.74) is 0.968. The van der Waals surface area contributed by atoms with Crippen molar-refractivity contribution in [3.8, 4) is 5.69 Å². The molecule has 1 unspecified atom stereocenters. The number of piperazine rings is 1. The van der Waals surface area contributed by atoms with Gasteiger partial charge >= 0.3 is 5.97 Å². The summed E-state index contributed by atoms with van der Waals surface area (Å²) in [7, 11) is 0. The molecule has 2 aliphatic rings. The van der Waals surface area contributed by atoms with E-state index >= 15 is 0 Å². The van der Waals surface area contributed by atoms with Crippen molar-refractivity contribution in [2.45, 2.75) is 25.5 Å². The normalized spacial score (nSPS) is 18.9. The molecule has 8 heteroatoms. The summed E-state index contributed by atoms with van der Waals surface area (Å²) in [4.78, 5) is 42.6. The summed E-state index contributed by atoms with van der Waals surface area (Å²) in [6.45, 7) is 3.20. The molecule has 5 rings (SSSR count). The predicted octanol–water partition coefficient (Wildman–Crippen LogP) is 2.51. The molecule has 0 aliphatic carbocycles. The summed E-state index contributed by atoms with van der Waals surface area (Å²) >= 11 is 0. The molecule has 2 saturated heterocycles. The van der Waals surface area contributed by atoms with Crippen LogP contribution in [0, 0.1) is 0 Å². The average molecular weight is 462 g/mol. The third-order valence-corrected chi connectivity index (χ3v) is 6.68.